The molecule has 10 heteroatoms. The predicted octanol–water partition coefficient (Wildman–Crippen LogP) is 0.0449. The number of nitrogens with one attached hydrogen (secondary N) is 3. The number of benzene rings is 2. The van der Waals surface area contributed by atoms with E-state index in [1.165, 1.54) is 0 Å². The van der Waals surface area contributed by atoms with Crippen molar-refractivity contribution in [1.82, 2.24) is 30.6 Å². The monoisotopic (exact) mass is 411 g/mol. The van der Waals surface area contributed by atoms with Crippen molar-refractivity contribution in [3.63, 3.8) is 0 Å². The minimum Gasteiger partial charge on any atom is -0.357 e. The molecule has 0 unspecified atom stereocenters. The highest BCUT2D eigenvalue weighted by Crippen LogP contribution is 2.04. The third kappa shape index (κ3) is 5.66. The van der Waals surface area contributed by atoms with Crippen molar-refractivity contribution in [3.05, 3.63) is 88.1 Å². The van der Waals surface area contributed by atoms with E-state index in [9.17, 15) is 9.59 Å². The van der Waals surface area contributed by atoms with Crippen LogP contribution in [0.4, 0.5) is 0 Å². The van der Waals surface area contributed by atoms with Crippen LogP contribution in [0.2, 0.25) is 0 Å². The summed E-state index contributed by atoms with van der Waals surface area (Å²) in [6.07, 6.45) is 0.382. The molecule has 0 spiro atoms. The van der Waals surface area contributed by atoms with Gasteiger partial charge in [0.1, 0.15) is 6.54 Å². The number of carbonyl (C=O) groups excluding carboxylic acids is 1. The van der Waals surface area contributed by atoms with Gasteiger partial charge in [0, 0.05) is 13.0 Å². The van der Waals surface area contributed by atoms with E-state index in [2.05, 4.69) is 21.3 Å². The molecule has 2 aromatic carbocycles. The maximum atomic E-state index is 12.2. The number of hydrogen-bond donors (Lipinski definition) is 4. The summed E-state index contributed by atoms with van der Waals surface area (Å²) in [5, 5.41) is 7.37. The Balaban J connectivity index is 1.50. The van der Waals surface area contributed by atoms with Crippen LogP contribution in [0, 0.1) is 0 Å². The van der Waals surface area contributed by atoms with Gasteiger partial charge in [0.25, 0.3) is 5.91 Å². The smallest absolute Gasteiger partial charge is 0.357 e. The van der Waals surface area contributed by atoms with Crippen molar-refractivity contribution >= 4 is 23.2 Å². The summed E-state index contributed by atoms with van der Waals surface area (Å²) in [6.45, 7) is 0.224. The van der Waals surface area contributed by atoms with Gasteiger partial charge in [0.15, 0.2) is 10.9 Å². The third-order valence-electron chi connectivity index (χ3n) is 4.05. The van der Waals surface area contributed by atoms with Crippen LogP contribution in [0.25, 0.3) is 0 Å². The molecule has 0 aliphatic heterocycles. The Hall–Kier alpha value is -3.66. The van der Waals surface area contributed by atoms with Gasteiger partial charge in [-0.15, -0.1) is 0 Å². The molecule has 9 nitrogen and oxygen atoms in total. The number of nitrogens with two attached hydrogens (primary N) is 1. The van der Waals surface area contributed by atoms with Gasteiger partial charge in [-0.05, 0) is 23.3 Å². The summed E-state index contributed by atoms with van der Waals surface area (Å²) in [7, 11) is 0. The first-order valence-corrected chi connectivity index (χ1v) is 9.28. The van der Waals surface area contributed by atoms with E-state index in [1.807, 2.05) is 60.7 Å². The Bertz CT molecular complexity index is 1030. The fraction of sp³-hybridized carbons (Fsp3) is 0.158. The number of rotatable bonds is 6. The van der Waals surface area contributed by atoms with E-state index in [0.717, 1.165) is 20.5 Å². The van der Waals surface area contributed by atoms with E-state index in [1.54, 1.807) is 0 Å². The van der Waals surface area contributed by atoms with Crippen LogP contribution in [0.5, 0.6) is 0 Å². The second kappa shape index (κ2) is 9.51. The van der Waals surface area contributed by atoms with Crippen LogP contribution >= 0.6 is 12.2 Å². The summed E-state index contributed by atoms with van der Waals surface area (Å²) in [6, 6.07) is 19.2. The number of thiocarbonyl (C=S) groups is 1. The summed E-state index contributed by atoms with van der Waals surface area (Å²) < 4.78 is 1.95. The molecule has 0 saturated heterocycles. The number of hydrogen-bond acceptors (Lipinski definition) is 5. The van der Waals surface area contributed by atoms with Gasteiger partial charge in [-0.3, -0.25) is 15.6 Å². The van der Waals surface area contributed by atoms with Crippen LogP contribution < -0.4 is 27.7 Å². The topological polar surface area (TPSA) is 119 Å². The number of aromatic nitrogens is 3. The lowest BCUT2D eigenvalue weighted by atomic mass is 10.1. The highest BCUT2D eigenvalue weighted by atomic mass is 32.1. The van der Waals surface area contributed by atoms with E-state index in [0.29, 0.717) is 18.8 Å². The Labute approximate surface area is 172 Å². The van der Waals surface area contributed by atoms with Crippen LogP contribution in [0.15, 0.2) is 65.5 Å². The minimum atomic E-state index is -0.573. The molecule has 0 fully saturated rings. The van der Waals surface area contributed by atoms with Crippen LogP contribution in [0.3, 0.4) is 0 Å². The van der Waals surface area contributed by atoms with E-state index in [-0.39, 0.29) is 11.7 Å². The number of nitrogen functional groups attached to an aromatic ring is 1. The molecule has 0 radical (unpaired) electrons. The van der Waals surface area contributed by atoms with Crippen molar-refractivity contribution in [1.29, 1.82) is 0 Å². The van der Waals surface area contributed by atoms with E-state index < -0.39 is 11.6 Å². The average Bonchev–Trinajstić information content (AvgIpc) is 3.00. The largest absolute Gasteiger partial charge is 0.365 e. The SMILES string of the molecule is Nn1c(Cc2ccccc2)nn(CC(=O)NNC(=S)NCc2ccccc2)c1=O. The molecular formula is C19H21N7O2S. The Morgan fingerprint density at radius 1 is 1.00 bits per heavy atom. The first-order valence-electron chi connectivity index (χ1n) is 8.87. The Kier molecular flexibility index (Phi) is 6.59. The minimum absolute atomic E-state index is 0.253. The van der Waals surface area contributed by atoms with Crippen molar-refractivity contribution in [2.45, 2.75) is 19.5 Å². The van der Waals surface area contributed by atoms with Crippen LogP contribution in [0.1, 0.15) is 17.0 Å². The fourth-order valence-electron chi connectivity index (χ4n) is 2.59. The summed E-state index contributed by atoms with van der Waals surface area (Å²) in [5.74, 6) is 5.66. The Morgan fingerprint density at radius 3 is 2.28 bits per heavy atom. The van der Waals surface area contributed by atoms with Crippen LogP contribution in [-0.4, -0.2) is 25.5 Å². The zero-order valence-electron chi connectivity index (χ0n) is 15.5. The molecule has 3 aromatic rings. The third-order valence-corrected chi connectivity index (χ3v) is 4.30. The van der Waals surface area contributed by atoms with Gasteiger partial charge in [-0.1, -0.05) is 60.7 Å². The number of hydrazine groups is 1. The fourth-order valence-corrected chi connectivity index (χ4v) is 2.71. The molecule has 0 aliphatic rings. The summed E-state index contributed by atoms with van der Waals surface area (Å²) in [5.41, 5.74) is 6.46. The van der Waals surface area contributed by atoms with Crippen LogP contribution in [-0.2, 0) is 24.3 Å². The summed E-state index contributed by atoms with van der Waals surface area (Å²) >= 11 is 5.11. The zero-order chi connectivity index (χ0) is 20.6. The first-order chi connectivity index (χ1) is 14.0. The zero-order valence-corrected chi connectivity index (χ0v) is 16.4. The van der Waals surface area contributed by atoms with Gasteiger partial charge in [-0.25, -0.2) is 9.48 Å². The predicted molar refractivity (Wildman–Crippen MR) is 113 cm³/mol. The number of amides is 1. The van der Waals surface area contributed by atoms with Gasteiger partial charge >= 0.3 is 5.69 Å². The second-order valence-electron chi connectivity index (χ2n) is 6.23. The number of nitrogens with zero attached hydrogens (tertiary/aromatic N) is 3. The highest BCUT2D eigenvalue weighted by Gasteiger charge is 2.14. The summed E-state index contributed by atoms with van der Waals surface area (Å²) in [4.78, 5) is 24.3. The maximum absolute atomic E-state index is 12.2. The van der Waals surface area contributed by atoms with Crippen molar-refractivity contribution in [3.8, 4) is 0 Å². The normalized spacial score (nSPS) is 10.3. The lowest BCUT2D eigenvalue weighted by Crippen LogP contribution is -2.48. The lowest BCUT2D eigenvalue weighted by Gasteiger charge is -2.11. The van der Waals surface area contributed by atoms with E-state index >= 15 is 0 Å². The molecule has 5 N–H and O–H groups in total. The van der Waals surface area contributed by atoms with Gasteiger partial charge in [0.05, 0.1) is 0 Å². The highest BCUT2D eigenvalue weighted by molar-refractivity contribution is 7.80. The molecular weight excluding hydrogens is 390 g/mol. The molecule has 150 valence electrons. The number of carbonyl (C=O) groups is 1. The molecule has 29 heavy (non-hydrogen) atoms. The molecule has 3 rings (SSSR count). The molecule has 1 heterocycles. The van der Waals surface area contributed by atoms with E-state index in [4.69, 9.17) is 18.1 Å². The molecule has 0 bridgehead atoms. The van der Waals surface area contributed by atoms with Gasteiger partial charge < -0.3 is 11.2 Å². The lowest BCUT2D eigenvalue weighted by molar-refractivity contribution is -0.122. The van der Waals surface area contributed by atoms with Crippen molar-refractivity contribution in [2.75, 3.05) is 5.84 Å². The van der Waals surface area contributed by atoms with Crippen molar-refractivity contribution < 1.29 is 4.79 Å². The Morgan fingerprint density at radius 2 is 1.62 bits per heavy atom. The molecule has 0 aliphatic carbocycles. The second-order valence-corrected chi connectivity index (χ2v) is 6.64. The average molecular weight is 411 g/mol. The standard InChI is InChI=1S/C19H21N7O2S/c20-26-16(11-14-7-3-1-4-8-14)24-25(19(26)28)13-17(27)22-23-18(29)21-12-15-9-5-2-6-10-15/h1-10H,11-13,20H2,(H,22,27)(H2,21,23,29). The van der Waals surface area contributed by atoms with Gasteiger partial charge in [-0.2, -0.15) is 9.77 Å². The quantitative estimate of drug-likeness (QED) is 0.257. The first kappa shape index (κ1) is 20.1. The molecule has 0 saturated carbocycles. The molecule has 1 amide bonds. The molecule has 0 atom stereocenters. The van der Waals surface area contributed by atoms with Crippen molar-refractivity contribution in [2.24, 2.45) is 0 Å². The molecule has 1 aromatic heterocycles. The van der Waals surface area contributed by atoms with Gasteiger partial charge in [0.2, 0.25) is 0 Å². The maximum Gasteiger partial charge on any atom is 0.365 e.